The number of anilines is 1. The van der Waals surface area contributed by atoms with E-state index in [0.29, 0.717) is 12.1 Å². The van der Waals surface area contributed by atoms with Crippen molar-refractivity contribution in [1.82, 2.24) is 0 Å². The second-order valence-corrected chi connectivity index (χ2v) is 8.19. The van der Waals surface area contributed by atoms with E-state index in [0.717, 1.165) is 17.2 Å². The number of amides is 1. The molecule has 0 aliphatic rings. The molecule has 0 saturated heterocycles. The molecule has 6 nitrogen and oxygen atoms in total. The molecule has 0 bridgehead atoms. The summed E-state index contributed by atoms with van der Waals surface area (Å²) in [5.41, 5.74) is -1.67. The molecule has 0 fully saturated rings. The smallest absolute Gasteiger partial charge is 0.416 e. The SMILES string of the molecule is CCS(=O)(=O)c1cc(C(F)(F)F)ccc1C(=O)N(C)c1ccc(Cl)c[n+]1[O-]. The van der Waals surface area contributed by atoms with Gasteiger partial charge in [-0.05, 0) is 24.3 Å². The van der Waals surface area contributed by atoms with Crippen LogP contribution in [0.15, 0.2) is 41.4 Å². The Kier molecular flexibility index (Phi) is 5.71. The van der Waals surface area contributed by atoms with Gasteiger partial charge in [0, 0.05) is 6.07 Å². The zero-order valence-corrected chi connectivity index (χ0v) is 15.7. The van der Waals surface area contributed by atoms with Gasteiger partial charge in [0.1, 0.15) is 6.20 Å². The third-order valence-corrected chi connectivity index (χ3v) is 5.75. The van der Waals surface area contributed by atoms with E-state index < -0.39 is 43.7 Å². The number of benzene rings is 1. The number of nitrogens with zero attached hydrogens (tertiary/aromatic N) is 2. The van der Waals surface area contributed by atoms with Crippen molar-refractivity contribution in [2.45, 2.75) is 18.0 Å². The van der Waals surface area contributed by atoms with Crippen molar-refractivity contribution in [2.24, 2.45) is 0 Å². The van der Waals surface area contributed by atoms with Gasteiger partial charge in [-0.1, -0.05) is 18.5 Å². The Hall–Kier alpha value is -2.33. The first-order valence-corrected chi connectivity index (χ1v) is 9.52. The van der Waals surface area contributed by atoms with Crippen LogP contribution < -0.4 is 9.63 Å². The number of hydrogen-bond donors (Lipinski definition) is 0. The van der Waals surface area contributed by atoms with Crippen LogP contribution in [-0.2, 0) is 16.0 Å². The molecule has 1 aromatic carbocycles. The molecule has 0 unspecified atom stereocenters. The van der Waals surface area contributed by atoms with Crippen molar-refractivity contribution >= 4 is 33.2 Å². The summed E-state index contributed by atoms with van der Waals surface area (Å²) in [6.07, 6.45) is -3.79. The molecule has 0 aliphatic carbocycles. The van der Waals surface area contributed by atoms with Crippen molar-refractivity contribution in [3.8, 4) is 0 Å². The van der Waals surface area contributed by atoms with E-state index in [-0.39, 0.29) is 15.6 Å². The Morgan fingerprint density at radius 3 is 2.41 bits per heavy atom. The number of rotatable bonds is 4. The Bertz CT molecular complexity index is 994. The number of alkyl halides is 3. The van der Waals surface area contributed by atoms with E-state index in [1.54, 1.807) is 0 Å². The van der Waals surface area contributed by atoms with E-state index in [1.165, 1.54) is 26.1 Å². The number of sulfone groups is 1. The number of carbonyl (C=O) groups is 1. The summed E-state index contributed by atoms with van der Waals surface area (Å²) in [6, 6.07) is 4.39. The zero-order valence-electron chi connectivity index (χ0n) is 14.1. The average molecular weight is 423 g/mol. The molecule has 1 aromatic heterocycles. The molecule has 0 aliphatic heterocycles. The molecule has 0 saturated carbocycles. The van der Waals surface area contributed by atoms with Gasteiger partial charge in [0.15, 0.2) is 9.84 Å². The highest BCUT2D eigenvalue weighted by Crippen LogP contribution is 2.32. The fraction of sp³-hybridized carbons (Fsp3) is 0.250. The highest BCUT2D eigenvalue weighted by Gasteiger charge is 2.35. The van der Waals surface area contributed by atoms with Crippen LogP contribution in [0.2, 0.25) is 5.02 Å². The summed E-state index contributed by atoms with van der Waals surface area (Å²) in [7, 11) is -2.95. The van der Waals surface area contributed by atoms with Crippen molar-refractivity contribution in [1.29, 1.82) is 0 Å². The summed E-state index contributed by atoms with van der Waals surface area (Å²) in [5.74, 6) is -1.63. The van der Waals surface area contributed by atoms with Crippen LogP contribution in [0.5, 0.6) is 0 Å². The minimum Gasteiger partial charge on any atom is -0.711 e. The number of hydrogen-bond acceptors (Lipinski definition) is 4. The molecule has 146 valence electrons. The van der Waals surface area contributed by atoms with Crippen LogP contribution in [0.1, 0.15) is 22.8 Å². The Morgan fingerprint density at radius 2 is 1.89 bits per heavy atom. The van der Waals surface area contributed by atoms with Gasteiger partial charge in [-0.15, -0.1) is 0 Å². The van der Waals surface area contributed by atoms with E-state index >= 15 is 0 Å². The highest BCUT2D eigenvalue weighted by molar-refractivity contribution is 7.91. The maximum Gasteiger partial charge on any atom is 0.416 e. The molecular formula is C16H14ClF3N2O4S. The van der Waals surface area contributed by atoms with Crippen LogP contribution in [0, 0.1) is 5.21 Å². The summed E-state index contributed by atoms with van der Waals surface area (Å²) in [6.45, 7) is 1.25. The lowest BCUT2D eigenvalue weighted by Crippen LogP contribution is -2.39. The third-order valence-electron chi connectivity index (χ3n) is 3.76. The molecule has 27 heavy (non-hydrogen) atoms. The second-order valence-electron chi connectivity index (χ2n) is 5.51. The van der Waals surface area contributed by atoms with Crippen LogP contribution in [0.3, 0.4) is 0 Å². The lowest BCUT2D eigenvalue weighted by atomic mass is 10.1. The molecular weight excluding hydrogens is 409 g/mol. The number of halogens is 4. The first-order valence-electron chi connectivity index (χ1n) is 7.49. The summed E-state index contributed by atoms with van der Waals surface area (Å²) < 4.78 is 63.7. The molecule has 0 spiro atoms. The van der Waals surface area contributed by atoms with Crippen LogP contribution in [-0.4, -0.2) is 27.1 Å². The molecule has 2 rings (SSSR count). The minimum atomic E-state index is -4.78. The fourth-order valence-electron chi connectivity index (χ4n) is 2.28. The molecule has 1 heterocycles. The van der Waals surface area contributed by atoms with Crippen molar-refractivity contribution in [3.63, 3.8) is 0 Å². The van der Waals surface area contributed by atoms with Gasteiger partial charge < -0.3 is 5.21 Å². The van der Waals surface area contributed by atoms with Gasteiger partial charge in [0.2, 0.25) is 0 Å². The molecule has 1 amide bonds. The second kappa shape index (κ2) is 7.35. The third kappa shape index (κ3) is 4.33. The quantitative estimate of drug-likeness (QED) is 0.560. The predicted molar refractivity (Wildman–Crippen MR) is 92.3 cm³/mol. The summed E-state index contributed by atoms with van der Waals surface area (Å²) in [4.78, 5) is 12.8. The number of pyridine rings is 1. The van der Waals surface area contributed by atoms with Crippen LogP contribution >= 0.6 is 11.6 Å². The van der Waals surface area contributed by atoms with Gasteiger partial charge in [-0.2, -0.15) is 18.1 Å². The topological polar surface area (TPSA) is 81.4 Å². The largest absolute Gasteiger partial charge is 0.711 e. The fourth-order valence-corrected chi connectivity index (χ4v) is 3.54. The molecule has 0 radical (unpaired) electrons. The monoisotopic (exact) mass is 422 g/mol. The standard InChI is InChI=1S/C16H14ClF3N2O4S/c1-3-27(25,26)13-8-10(16(18,19)20)4-6-12(13)15(23)21(2)14-7-5-11(17)9-22(14)24/h4-9H,3H2,1-2H3. The van der Waals surface area contributed by atoms with Crippen LogP contribution in [0.25, 0.3) is 0 Å². The normalized spacial score (nSPS) is 12.1. The van der Waals surface area contributed by atoms with Crippen LogP contribution in [0.4, 0.5) is 19.0 Å². The summed E-state index contributed by atoms with van der Waals surface area (Å²) >= 11 is 5.67. The number of carbonyl (C=O) groups excluding carboxylic acids is 1. The Labute approximate surface area is 158 Å². The van der Waals surface area contributed by atoms with Gasteiger partial charge in [-0.3, -0.25) is 0 Å². The van der Waals surface area contributed by atoms with Gasteiger partial charge in [0.25, 0.3) is 5.82 Å². The summed E-state index contributed by atoms with van der Waals surface area (Å²) in [5, 5.41) is 12.0. The number of aromatic nitrogens is 1. The molecule has 0 atom stereocenters. The van der Waals surface area contributed by atoms with Crippen molar-refractivity contribution in [2.75, 3.05) is 17.7 Å². The van der Waals surface area contributed by atoms with Gasteiger partial charge in [-0.25, -0.2) is 17.9 Å². The van der Waals surface area contributed by atoms with Crippen molar-refractivity contribution in [3.05, 3.63) is 57.9 Å². The highest BCUT2D eigenvalue weighted by atomic mass is 35.5. The minimum absolute atomic E-state index is 0.110. The Morgan fingerprint density at radius 1 is 1.26 bits per heavy atom. The molecule has 0 N–H and O–H groups in total. The first kappa shape index (κ1) is 21.0. The maximum absolute atomic E-state index is 13.0. The van der Waals surface area contributed by atoms with E-state index in [2.05, 4.69) is 0 Å². The van der Waals surface area contributed by atoms with Gasteiger partial charge in [0.05, 0.1) is 33.8 Å². The van der Waals surface area contributed by atoms with Gasteiger partial charge >= 0.3 is 12.1 Å². The average Bonchev–Trinajstić information content (AvgIpc) is 2.59. The lowest BCUT2D eigenvalue weighted by molar-refractivity contribution is -0.591. The first-order chi connectivity index (χ1) is 12.4. The zero-order chi connectivity index (χ0) is 20.6. The maximum atomic E-state index is 13.0. The van der Waals surface area contributed by atoms with Crippen molar-refractivity contribution < 1.29 is 31.1 Å². The lowest BCUT2D eigenvalue weighted by Gasteiger charge is -2.17. The molecule has 2 aromatic rings. The van der Waals surface area contributed by atoms with E-state index in [4.69, 9.17) is 11.6 Å². The predicted octanol–water partition coefficient (Wildman–Crippen LogP) is 3.06. The van der Waals surface area contributed by atoms with E-state index in [1.807, 2.05) is 0 Å². The Balaban J connectivity index is 2.61. The van der Waals surface area contributed by atoms with E-state index in [9.17, 15) is 31.6 Å². The molecule has 11 heteroatoms.